The first kappa shape index (κ1) is 9.32. The number of allylic oxidation sites excluding steroid dienone is 2. The fourth-order valence-corrected chi connectivity index (χ4v) is 1.93. The molecule has 0 spiro atoms. The standard InChI is InChI=1S/C11H17N/c1-9(8-12)10-5-4-6-11(2,3)7-10/h4-7H2,1-3H3/b10-9-. The molecule has 0 saturated heterocycles. The fraction of sp³-hybridized carbons (Fsp3) is 0.727. The van der Waals surface area contributed by atoms with Gasteiger partial charge in [0.1, 0.15) is 0 Å². The quantitative estimate of drug-likeness (QED) is 0.502. The molecular weight excluding hydrogens is 146 g/mol. The van der Waals surface area contributed by atoms with Crippen molar-refractivity contribution < 1.29 is 0 Å². The monoisotopic (exact) mass is 163 g/mol. The Hall–Kier alpha value is -0.770. The molecule has 1 rings (SSSR count). The lowest BCUT2D eigenvalue weighted by Crippen LogP contribution is -2.17. The summed E-state index contributed by atoms with van der Waals surface area (Å²) >= 11 is 0. The molecule has 0 radical (unpaired) electrons. The molecule has 1 fully saturated rings. The molecule has 1 heteroatoms. The summed E-state index contributed by atoms with van der Waals surface area (Å²) in [4.78, 5) is 0. The molecule has 0 aromatic rings. The van der Waals surface area contributed by atoms with Crippen molar-refractivity contribution in [1.29, 1.82) is 5.26 Å². The number of nitriles is 1. The Bertz CT molecular complexity index is 240. The molecule has 0 aliphatic heterocycles. The van der Waals surface area contributed by atoms with Gasteiger partial charge in [0.05, 0.1) is 6.07 Å². The van der Waals surface area contributed by atoms with Crippen molar-refractivity contribution in [2.75, 3.05) is 0 Å². The highest BCUT2D eigenvalue weighted by Crippen LogP contribution is 2.39. The van der Waals surface area contributed by atoms with Gasteiger partial charge in [0.2, 0.25) is 0 Å². The average molecular weight is 163 g/mol. The maximum Gasteiger partial charge on any atom is 0.0943 e. The largest absolute Gasteiger partial charge is 0.193 e. The van der Waals surface area contributed by atoms with Crippen LogP contribution in [0.2, 0.25) is 0 Å². The van der Waals surface area contributed by atoms with Gasteiger partial charge in [-0.3, -0.25) is 0 Å². The summed E-state index contributed by atoms with van der Waals surface area (Å²) in [5.41, 5.74) is 2.75. The number of nitrogens with zero attached hydrogens (tertiary/aromatic N) is 1. The van der Waals surface area contributed by atoms with E-state index < -0.39 is 0 Å². The molecule has 1 aliphatic carbocycles. The summed E-state index contributed by atoms with van der Waals surface area (Å²) < 4.78 is 0. The van der Waals surface area contributed by atoms with Crippen LogP contribution in [0.15, 0.2) is 11.1 Å². The van der Waals surface area contributed by atoms with E-state index in [-0.39, 0.29) is 0 Å². The molecule has 0 unspecified atom stereocenters. The summed E-state index contributed by atoms with van der Waals surface area (Å²) in [6.45, 7) is 6.52. The molecular formula is C11H17N. The molecule has 12 heavy (non-hydrogen) atoms. The van der Waals surface area contributed by atoms with Crippen LogP contribution in [0.3, 0.4) is 0 Å². The lowest BCUT2D eigenvalue weighted by Gasteiger charge is -2.31. The summed E-state index contributed by atoms with van der Waals surface area (Å²) in [5.74, 6) is 0. The Kier molecular flexibility index (Phi) is 2.57. The maximum absolute atomic E-state index is 8.75. The Labute approximate surface area is 75.1 Å². The van der Waals surface area contributed by atoms with E-state index in [2.05, 4.69) is 19.9 Å². The van der Waals surface area contributed by atoms with Crippen molar-refractivity contribution in [2.45, 2.75) is 46.5 Å². The van der Waals surface area contributed by atoms with Gasteiger partial charge in [-0.15, -0.1) is 0 Å². The van der Waals surface area contributed by atoms with E-state index in [0.717, 1.165) is 18.4 Å². The van der Waals surface area contributed by atoms with Crippen LogP contribution in [-0.4, -0.2) is 0 Å². The topological polar surface area (TPSA) is 23.8 Å². The van der Waals surface area contributed by atoms with Crippen molar-refractivity contribution in [2.24, 2.45) is 5.41 Å². The smallest absolute Gasteiger partial charge is 0.0943 e. The second-order valence-corrected chi connectivity index (χ2v) is 4.53. The lowest BCUT2D eigenvalue weighted by molar-refractivity contribution is 0.288. The van der Waals surface area contributed by atoms with E-state index in [1.165, 1.54) is 18.4 Å². The molecule has 1 aliphatic rings. The van der Waals surface area contributed by atoms with Gasteiger partial charge in [-0.2, -0.15) is 5.26 Å². The van der Waals surface area contributed by atoms with E-state index in [1.807, 2.05) is 6.92 Å². The van der Waals surface area contributed by atoms with Gasteiger partial charge in [0.15, 0.2) is 0 Å². The van der Waals surface area contributed by atoms with Gasteiger partial charge in [-0.25, -0.2) is 0 Å². The minimum absolute atomic E-state index is 0.422. The normalized spacial score (nSPS) is 26.2. The van der Waals surface area contributed by atoms with Gasteiger partial charge in [-0.1, -0.05) is 19.4 Å². The summed E-state index contributed by atoms with van der Waals surface area (Å²) in [6, 6.07) is 2.25. The maximum atomic E-state index is 8.75. The van der Waals surface area contributed by atoms with Crippen LogP contribution < -0.4 is 0 Å². The van der Waals surface area contributed by atoms with E-state index in [0.29, 0.717) is 5.41 Å². The van der Waals surface area contributed by atoms with Gasteiger partial charge in [0.25, 0.3) is 0 Å². The van der Waals surface area contributed by atoms with E-state index in [1.54, 1.807) is 0 Å². The van der Waals surface area contributed by atoms with Crippen LogP contribution in [-0.2, 0) is 0 Å². The average Bonchev–Trinajstić information content (AvgIpc) is 2.01. The molecule has 0 bridgehead atoms. The first-order valence-electron chi connectivity index (χ1n) is 4.64. The predicted molar refractivity (Wildman–Crippen MR) is 50.6 cm³/mol. The van der Waals surface area contributed by atoms with Crippen LogP contribution in [0.25, 0.3) is 0 Å². The highest BCUT2D eigenvalue weighted by Gasteiger charge is 2.24. The Morgan fingerprint density at radius 1 is 1.50 bits per heavy atom. The third-order valence-corrected chi connectivity index (χ3v) is 2.72. The molecule has 66 valence electrons. The van der Waals surface area contributed by atoms with Gasteiger partial charge < -0.3 is 0 Å². The second kappa shape index (κ2) is 3.31. The van der Waals surface area contributed by atoms with E-state index in [9.17, 15) is 0 Å². The third-order valence-electron chi connectivity index (χ3n) is 2.72. The predicted octanol–water partition coefficient (Wildman–Crippen LogP) is 3.43. The molecule has 0 aromatic carbocycles. The molecule has 0 heterocycles. The third kappa shape index (κ3) is 2.11. The van der Waals surface area contributed by atoms with E-state index in [4.69, 9.17) is 5.26 Å². The van der Waals surface area contributed by atoms with Crippen LogP contribution in [0, 0.1) is 16.7 Å². The molecule has 0 atom stereocenters. The SMILES string of the molecule is C/C(C#N)=C1\CCCC(C)(C)C1. The zero-order valence-corrected chi connectivity index (χ0v) is 8.28. The van der Waals surface area contributed by atoms with Crippen LogP contribution in [0.1, 0.15) is 46.5 Å². The first-order valence-corrected chi connectivity index (χ1v) is 4.64. The van der Waals surface area contributed by atoms with Gasteiger partial charge in [0, 0.05) is 5.57 Å². The van der Waals surface area contributed by atoms with E-state index >= 15 is 0 Å². The van der Waals surface area contributed by atoms with Crippen LogP contribution in [0.4, 0.5) is 0 Å². The zero-order chi connectivity index (χ0) is 9.19. The zero-order valence-electron chi connectivity index (χ0n) is 8.28. The van der Waals surface area contributed by atoms with Crippen molar-refractivity contribution in [3.63, 3.8) is 0 Å². The number of hydrogen-bond donors (Lipinski definition) is 0. The lowest BCUT2D eigenvalue weighted by atomic mass is 9.74. The van der Waals surface area contributed by atoms with Gasteiger partial charge >= 0.3 is 0 Å². The molecule has 1 nitrogen and oxygen atoms in total. The summed E-state index contributed by atoms with van der Waals surface area (Å²) in [7, 11) is 0. The Morgan fingerprint density at radius 3 is 2.67 bits per heavy atom. The van der Waals surface area contributed by atoms with Crippen molar-refractivity contribution >= 4 is 0 Å². The summed E-state index contributed by atoms with van der Waals surface area (Å²) in [5, 5.41) is 8.75. The van der Waals surface area contributed by atoms with Crippen molar-refractivity contribution in [1.82, 2.24) is 0 Å². The van der Waals surface area contributed by atoms with Gasteiger partial charge in [-0.05, 0) is 38.0 Å². The van der Waals surface area contributed by atoms with Crippen LogP contribution >= 0.6 is 0 Å². The molecule has 1 saturated carbocycles. The summed E-state index contributed by atoms with van der Waals surface area (Å²) in [6.07, 6.45) is 4.81. The number of hydrogen-bond acceptors (Lipinski definition) is 1. The second-order valence-electron chi connectivity index (χ2n) is 4.53. The van der Waals surface area contributed by atoms with Crippen molar-refractivity contribution in [3.8, 4) is 6.07 Å². The van der Waals surface area contributed by atoms with Crippen LogP contribution in [0.5, 0.6) is 0 Å². The van der Waals surface area contributed by atoms with Crippen molar-refractivity contribution in [3.05, 3.63) is 11.1 Å². The first-order chi connectivity index (χ1) is 5.55. The Morgan fingerprint density at radius 2 is 2.17 bits per heavy atom. The minimum Gasteiger partial charge on any atom is -0.193 e. The highest BCUT2D eigenvalue weighted by molar-refractivity contribution is 5.27. The minimum atomic E-state index is 0.422. The Balaban J connectivity index is 2.78. The number of rotatable bonds is 0. The molecule has 0 aromatic heterocycles. The molecule has 0 amide bonds. The highest BCUT2D eigenvalue weighted by atomic mass is 14.3. The fourth-order valence-electron chi connectivity index (χ4n) is 1.93. The molecule has 0 N–H and O–H groups in total.